The zero-order valence-corrected chi connectivity index (χ0v) is 12.1. The van der Waals surface area contributed by atoms with Crippen molar-refractivity contribution in [2.75, 3.05) is 34.0 Å². The van der Waals surface area contributed by atoms with E-state index in [-0.39, 0.29) is 13.2 Å². The van der Waals surface area contributed by atoms with Gasteiger partial charge in [0.25, 0.3) is 0 Å². The Hall–Kier alpha value is -1.47. The van der Waals surface area contributed by atoms with E-state index in [0.29, 0.717) is 24.5 Å². The molecular weight excluding hydrogens is 287 g/mol. The van der Waals surface area contributed by atoms with Crippen LogP contribution in [0.2, 0.25) is 0 Å². The van der Waals surface area contributed by atoms with Gasteiger partial charge in [0.2, 0.25) is 0 Å². The summed E-state index contributed by atoms with van der Waals surface area (Å²) in [7, 11) is 3.38. The summed E-state index contributed by atoms with van der Waals surface area (Å²) in [5, 5.41) is 3.02. The van der Waals surface area contributed by atoms with Gasteiger partial charge in [-0.3, -0.25) is 0 Å². The Bertz CT molecular complexity index is 424. The number of alkyl halides is 3. The lowest BCUT2D eigenvalue weighted by molar-refractivity contribution is -0.174. The number of hydrogen-bond acceptors (Lipinski definition) is 4. The van der Waals surface area contributed by atoms with Crippen LogP contribution in [-0.2, 0) is 11.3 Å². The summed E-state index contributed by atoms with van der Waals surface area (Å²) in [6.45, 7) is -0.312. The highest BCUT2D eigenvalue weighted by molar-refractivity contribution is 5.40. The highest BCUT2D eigenvalue weighted by Crippen LogP contribution is 2.25. The molecule has 0 aliphatic carbocycles. The third-order valence-corrected chi connectivity index (χ3v) is 2.60. The van der Waals surface area contributed by atoms with Crippen molar-refractivity contribution >= 4 is 0 Å². The molecule has 0 saturated heterocycles. The smallest absolute Gasteiger partial charge is 0.411 e. The Morgan fingerprint density at radius 2 is 1.95 bits per heavy atom. The number of benzene rings is 1. The van der Waals surface area contributed by atoms with Crippen LogP contribution < -0.4 is 14.8 Å². The highest BCUT2D eigenvalue weighted by Gasteiger charge is 2.27. The van der Waals surface area contributed by atoms with Crippen molar-refractivity contribution in [1.29, 1.82) is 0 Å². The molecule has 21 heavy (non-hydrogen) atoms. The molecule has 120 valence electrons. The topological polar surface area (TPSA) is 39.7 Å². The summed E-state index contributed by atoms with van der Waals surface area (Å²) in [6.07, 6.45) is -3.90. The van der Waals surface area contributed by atoms with Crippen LogP contribution in [0.3, 0.4) is 0 Å². The summed E-state index contributed by atoms with van der Waals surface area (Å²) in [4.78, 5) is 0. The van der Waals surface area contributed by atoms with Gasteiger partial charge in [-0.05, 0) is 13.1 Å². The van der Waals surface area contributed by atoms with Crippen molar-refractivity contribution in [1.82, 2.24) is 5.32 Å². The molecule has 0 fully saturated rings. The molecule has 0 radical (unpaired) electrons. The number of rotatable bonds is 9. The van der Waals surface area contributed by atoms with Gasteiger partial charge in [-0.25, -0.2) is 0 Å². The van der Waals surface area contributed by atoms with E-state index in [9.17, 15) is 13.2 Å². The van der Waals surface area contributed by atoms with Gasteiger partial charge in [-0.1, -0.05) is 6.07 Å². The van der Waals surface area contributed by atoms with Crippen LogP contribution in [0.1, 0.15) is 12.0 Å². The molecule has 0 aromatic heterocycles. The van der Waals surface area contributed by atoms with Crippen molar-refractivity contribution < 1.29 is 27.4 Å². The highest BCUT2D eigenvalue weighted by atomic mass is 19.4. The number of nitrogens with one attached hydrogen (secondary N) is 1. The number of methoxy groups -OCH3 is 1. The van der Waals surface area contributed by atoms with Gasteiger partial charge in [0, 0.05) is 24.6 Å². The second-order valence-corrected chi connectivity index (χ2v) is 4.37. The van der Waals surface area contributed by atoms with Crippen molar-refractivity contribution in [3.8, 4) is 11.5 Å². The first-order chi connectivity index (χ1) is 9.96. The molecule has 7 heteroatoms. The number of hydrogen-bond donors (Lipinski definition) is 1. The van der Waals surface area contributed by atoms with Crippen LogP contribution in [0, 0.1) is 0 Å². The maximum Gasteiger partial charge on any atom is 0.411 e. The maximum atomic E-state index is 11.9. The lowest BCUT2D eigenvalue weighted by atomic mass is 10.2. The molecule has 0 bridgehead atoms. The molecule has 1 N–H and O–H groups in total. The lowest BCUT2D eigenvalue weighted by Gasteiger charge is -2.13. The van der Waals surface area contributed by atoms with Crippen LogP contribution in [0.5, 0.6) is 11.5 Å². The average Bonchev–Trinajstić information content (AvgIpc) is 2.43. The summed E-state index contributed by atoms with van der Waals surface area (Å²) in [5.74, 6) is 1.32. The Labute approximate surface area is 122 Å². The number of ether oxygens (including phenoxy) is 3. The molecule has 1 aromatic rings. The molecule has 1 aromatic carbocycles. The second-order valence-electron chi connectivity index (χ2n) is 4.37. The standard InChI is InChI=1S/C14H20F3NO3/c1-18-9-11-4-5-12(19-2)8-13(11)21-7-3-6-20-10-14(15,16)17/h4-5,8,18H,3,6-7,9-10H2,1-2H3. The van der Waals surface area contributed by atoms with Gasteiger partial charge < -0.3 is 19.5 Å². The van der Waals surface area contributed by atoms with Crippen molar-refractivity contribution in [3.05, 3.63) is 23.8 Å². The predicted molar refractivity (Wildman–Crippen MR) is 72.7 cm³/mol. The van der Waals surface area contributed by atoms with Crippen LogP contribution in [0.4, 0.5) is 13.2 Å². The maximum absolute atomic E-state index is 11.9. The first-order valence-corrected chi connectivity index (χ1v) is 6.55. The van der Waals surface area contributed by atoms with Gasteiger partial charge in [0.1, 0.15) is 18.1 Å². The summed E-state index contributed by atoms with van der Waals surface area (Å²) in [5.41, 5.74) is 0.953. The molecular formula is C14H20F3NO3. The lowest BCUT2D eigenvalue weighted by Crippen LogP contribution is -2.18. The van der Waals surface area contributed by atoms with E-state index in [4.69, 9.17) is 9.47 Å². The third-order valence-electron chi connectivity index (χ3n) is 2.60. The van der Waals surface area contributed by atoms with Crippen LogP contribution in [-0.4, -0.2) is 40.2 Å². The summed E-state index contributed by atoms with van der Waals surface area (Å²) in [6, 6.07) is 5.46. The van der Waals surface area contributed by atoms with Gasteiger partial charge in [-0.2, -0.15) is 13.2 Å². The van der Waals surface area contributed by atoms with Crippen LogP contribution in [0.15, 0.2) is 18.2 Å². The van der Waals surface area contributed by atoms with Gasteiger partial charge >= 0.3 is 6.18 Å². The van der Waals surface area contributed by atoms with Gasteiger partial charge in [-0.15, -0.1) is 0 Å². The molecule has 0 heterocycles. The second kappa shape index (κ2) is 8.74. The Morgan fingerprint density at radius 1 is 1.19 bits per heavy atom. The fourth-order valence-corrected chi connectivity index (χ4v) is 1.66. The first kappa shape index (κ1) is 17.6. The first-order valence-electron chi connectivity index (χ1n) is 6.55. The minimum absolute atomic E-state index is 0.00480. The monoisotopic (exact) mass is 307 g/mol. The van der Waals surface area contributed by atoms with Crippen molar-refractivity contribution in [2.24, 2.45) is 0 Å². The zero-order chi connectivity index (χ0) is 15.7. The quantitative estimate of drug-likeness (QED) is 0.712. The van der Waals surface area contributed by atoms with E-state index in [1.54, 1.807) is 13.2 Å². The summed E-state index contributed by atoms with van der Waals surface area (Å²) >= 11 is 0. The average molecular weight is 307 g/mol. The Morgan fingerprint density at radius 3 is 2.57 bits per heavy atom. The molecule has 1 rings (SSSR count). The molecule has 4 nitrogen and oxygen atoms in total. The van der Waals surface area contributed by atoms with Crippen LogP contribution >= 0.6 is 0 Å². The van der Waals surface area contributed by atoms with E-state index in [1.165, 1.54) is 0 Å². The van der Waals surface area contributed by atoms with Crippen LogP contribution in [0.25, 0.3) is 0 Å². The zero-order valence-electron chi connectivity index (χ0n) is 12.1. The van der Waals surface area contributed by atoms with E-state index in [0.717, 1.165) is 5.56 Å². The summed E-state index contributed by atoms with van der Waals surface area (Å²) < 4.78 is 50.8. The largest absolute Gasteiger partial charge is 0.497 e. The molecule has 0 saturated carbocycles. The SMILES string of the molecule is CNCc1ccc(OC)cc1OCCCOCC(F)(F)F. The number of halogens is 3. The predicted octanol–water partition coefficient (Wildman–Crippen LogP) is 2.76. The molecule has 0 unspecified atom stereocenters. The van der Waals surface area contributed by atoms with E-state index < -0.39 is 12.8 Å². The van der Waals surface area contributed by atoms with E-state index in [1.807, 2.05) is 19.2 Å². The minimum Gasteiger partial charge on any atom is -0.497 e. The normalized spacial score (nSPS) is 11.5. The van der Waals surface area contributed by atoms with Gasteiger partial charge in [0.05, 0.1) is 20.3 Å². The molecule has 0 atom stereocenters. The fraction of sp³-hybridized carbons (Fsp3) is 0.571. The fourth-order valence-electron chi connectivity index (χ4n) is 1.66. The molecule has 0 amide bonds. The molecule has 0 spiro atoms. The third kappa shape index (κ3) is 7.19. The Kier molecular flexibility index (Phi) is 7.31. The van der Waals surface area contributed by atoms with E-state index >= 15 is 0 Å². The van der Waals surface area contributed by atoms with Gasteiger partial charge in [0.15, 0.2) is 0 Å². The van der Waals surface area contributed by atoms with Crippen molar-refractivity contribution in [3.63, 3.8) is 0 Å². The van der Waals surface area contributed by atoms with E-state index in [2.05, 4.69) is 10.1 Å². The van der Waals surface area contributed by atoms with Crippen molar-refractivity contribution in [2.45, 2.75) is 19.1 Å². The minimum atomic E-state index is -4.28. The molecule has 0 aliphatic heterocycles. The Balaban J connectivity index is 2.39. The molecule has 0 aliphatic rings.